The Labute approximate surface area is 185 Å². The van der Waals surface area contributed by atoms with Crippen LogP contribution in [0.25, 0.3) is 11.0 Å². The Balaban J connectivity index is 1.46. The maximum absolute atomic E-state index is 13.7. The molecular formula is C26H23FN2O3. The lowest BCUT2D eigenvalue weighted by Gasteiger charge is -2.23. The predicted octanol–water partition coefficient (Wildman–Crippen LogP) is 5.08. The minimum Gasteiger partial charge on any atom is -0.423 e. The number of halogens is 1. The molecule has 0 saturated carbocycles. The normalized spacial score (nSPS) is 10.8. The zero-order chi connectivity index (χ0) is 22.3. The van der Waals surface area contributed by atoms with Crippen LogP contribution >= 0.6 is 0 Å². The van der Waals surface area contributed by atoms with Crippen molar-refractivity contribution in [1.82, 2.24) is 4.90 Å². The van der Waals surface area contributed by atoms with Gasteiger partial charge in [-0.25, -0.2) is 9.18 Å². The van der Waals surface area contributed by atoms with Gasteiger partial charge in [-0.15, -0.1) is 0 Å². The van der Waals surface area contributed by atoms with Gasteiger partial charge in [-0.2, -0.15) is 0 Å². The topological polar surface area (TPSA) is 62.6 Å². The first kappa shape index (κ1) is 21.3. The van der Waals surface area contributed by atoms with Crippen molar-refractivity contribution in [1.29, 1.82) is 0 Å². The lowest BCUT2D eigenvalue weighted by Crippen LogP contribution is -2.32. The number of para-hydroxylation sites is 1. The molecule has 1 heterocycles. The highest BCUT2D eigenvalue weighted by atomic mass is 19.1. The van der Waals surface area contributed by atoms with Crippen molar-refractivity contribution in [2.75, 3.05) is 18.4 Å². The highest BCUT2D eigenvalue weighted by Crippen LogP contribution is 2.21. The molecule has 4 aromatic rings. The van der Waals surface area contributed by atoms with Gasteiger partial charge in [-0.05, 0) is 42.3 Å². The van der Waals surface area contributed by atoms with E-state index in [1.807, 2.05) is 48.5 Å². The predicted molar refractivity (Wildman–Crippen MR) is 123 cm³/mol. The number of hydrogen-bond acceptors (Lipinski definition) is 4. The van der Waals surface area contributed by atoms with Gasteiger partial charge < -0.3 is 14.6 Å². The highest BCUT2D eigenvalue weighted by Gasteiger charge is 2.16. The summed E-state index contributed by atoms with van der Waals surface area (Å²) in [4.78, 5) is 26.6. The van der Waals surface area contributed by atoms with Gasteiger partial charge in [-0.3, -0.25) is 4.79 Å². The summed E-state index contributed by atoms with van der Waals surface area (Å²) < 4.78 is 18.9. The van der Waals surface area contributed by atoms with E-state index in [4.69, 9.17) is 4.42 Å². The smallest absolute Gasteiger partial charge is 0.338 e. The fourth-order valence-electron chi connectivity index (χ4n) is 3.61. The van der Waals surface area contributed by atoms with Gasteiger partial charge in [0.05, 0.1) is 5.69 Å². The van der Waals surface area contributed by atoms with Crippen LogP contribution in [0.3, 0.4) is 0 Å². The molecule has 0 spiro atoms. The van der Waals surface area contributed by atoms with Crippen molar-refractivity contribution in [2.24, 2.45) is 0 Å². The van der Waals surface area contributed by atoms with E-state index in [1.54, 1.807) is 17.0 Å². The molecule has 0 fully saturated rings. The number of hydrogen-bond donors (Lipinski definition) is 1. The minimum atomic E-state index is -0.438. The van der Waals surface area contributed by atoms with Gasteiger partial charge in [0, 0.05) is 36.7 Å². The van der Waals surface area contributed by atoms with Gasteiger partial charge in [0.1, 0.15) is 11.4 Å². The van der Waals surface area contributed by atoms with Crippen molar-refractivity contribution in [3.8, 4) is 0 Å². The van der Waals surface area contributed by atoms with Crippen molar-refractivity contribution in [2.45, 2.75) is 13.0 Å². The molecule has 0 aliphatic carbocycles. The molecule has 4 rings (SSSR count). The molecule has 0 aliphatic rings. The van der Waals surface area contributed by atoms with E-state index in [9.17, 15) is 14.0 Å². The summed E-state index contributed by atoms with van der Waals surface area (Å²) in [6.07, 6.45) is 0.641. The Morgan fingerprint density at radius 1 is 0.938 bits per heavy atom. The molecule has 1 N–H and O–H groups in total. The van der Waals surface area contributed by atoms with E-state index in [1.165, 1.54) is 24.3 Å². The highest BCUT2D eigenvalue weighted by molar-refractivity contribution is 5.94. The fraction of sp³-hybridized carbons (Fsp3) is 0.154. The first-order valence-corrected chi connectivity index (χ1v) is 10.5. The van der Waals surface area contributed by atoms with Crippen molar-refractivity contribution in [3.63, 3.8) is 0 Å². The molecule has 0 bridgehead atoms. The quantitative estimate of drug-likeness (QED) is 0.313. The molecule has 162 valence electrons. The zero-order valence-electron chi connectivity index (χ0n) is 17.5. The summed E-state index contributed by atoms with van der Waals surface area (Å²) >= 11 is 0. The van der Waals surface area contributed by atoms with Crippen LogP contribution in [-0.2, 0) is 6.54 Å². The molecule has 32 heavy (non-hydrogen) atoms. The Morgan fingerprint density at radius 2 is 1.72 bits per heavy atom. The second-order valence-electron chi connectivity index (χ2n) is 7.48. The number of fused-ring (bicyclic) bond motifs is 1. The number of carbonyl (C=O) groups excluding carboxylic acids is 1. The largest absolute Gasteiger partial charge is 0.423 e. The number of anilines is 1. The van der Waals surface area contributed by atoms with Gasteiger partial charge in [-0.1, -0.05) is 48.5 Å². The van der Waals surface area contributed by atoms with Crippen LogP contribution in [0.1, 0.15) is 22.3 Å². The summed E-state index contributed by atoms with van der Waals surface area (Å²) in [7, 11) is 0. The Kier molecular flexibility index (Phi) is 6.60. The van der Waals surface area contributed by atoms with Crippen LogP contribution in [0, 0.1) is 5.82 Å². The fourth-order valence-corrected chi connectivity index (χ4v) is 3.61. The zero-order valence-corrected chi connectivity index (χ0v) is 17.5. The van der Waals surface area contributed by atoms with Gasteiger partial charge >= 0.3 is 5.63 Å². The molecule has 0 saturated heterocycles. The lowest BCUT2D eigenvalue weighted by molar-refractivity contribution is 0.0742. The SMILES string of the molecule is O=C(c1cccc(F)c1)N(CCCNc1cc(=O)oc2ccccc12)Cc1ccccc1. The van der Waals surface area contributed by atoms with Crippen molar-refractivity contribution < 1.29 is 13.6 Å². The first-order valence-electron chi connectivity index (χ1n) is 10.5. The Bertz CT molecular complexity index is 1270. The summed E-state index contributed by atoms with van der Waals surface area (Å²) in [5.74, 6) is -0.661. The monoisotopic (exact) mass is 430 g/mol. The second kappa shape index (κ2) is 9.92. The molecule has 6 heteroatoms. The standard InChI is InChI=1S/C26H23FN2O3/c27-21-11-6-10-20(16-21)26(31)29(18-19-8-2-1-3-9-19)15-7-14-28-23-17-25(30)32-24-13-5-4-12-22(23)24/h1-6,8-13,16-17,28H,7,14-15,18H2. The molecule has 0 atom stereocenters. The van der Waals surface area contributed by atoms with Crippen LogP contribution in [0.5, 0.6) is 0 Å². The molecular weight excluding hydrogens is 407 g/mol. The van der Waals surface area contributed by atoms with Gasteiger partial charge in [0.15, 0.2) is 0 Å². The van der Waals surface area contributed by atoms with Crippen LogP contribution in [0.15, 0.2) is 94.1 Å². The number of nitrogens with zero attached hydrogens (tertiary/aromatic N) is 1. The molecule has 1 aromatic heterocycles. The molecule has 3 aromatic carbocycles. The van der Waals surface area contributed by atoms with Crippen LogP contribution in [0.2, 0.25) is 0 Å². The van der Waals surface area contributed by atoms with Gasteiger partial charge in [0.25, 0.3) is 5.91 Å². The number of amides is 1. The molecule has 5 nitrogen and oxygen atoms in total. The van der Waals surface area contributed by atoms with E-state index in [2.05, 4.69) is 5.32 Å². The van der Waals surface area contributed by atoms with E-state index >= 15 is 0 Å². The summed E-state index contributed by atoms with van der Waals surface area (Å²) in [6, 6.07) is 24.2. The van der Waals surface area contributed by atoms with Crippen LogP contribution in [0.4, 0.5) is 10.1 Å². The van der Waals surface area contributed by atoms with Crippen molar-refractivity contribution in [3.05, 3.63) is 112 Å². The Hall–Kier alpha value is -3.93. The summed E-state index contributed by atoms with van der Waals surface area (Å²) in [5.41, 5.74) is 2.12. The van der Waals surface area contributed by atoms with Crippen LogP contribution in [-0.4, -0.2) is 23.9 Å². The number of carbonyl (C=O) groups is 1. The Morgan fingerprint density at radius 3 is 2.53 bits per heavy atom. The number of rotatable bonds is 8. The first-order chi connectivity index (χ1) is 15.6. The molecule has 0 unspecified atom stereocenters. The molecule has 0 aliphatic heterocycles. The van der Waals surface area contributed by atoms with Crippen LogP contribution < -0.4 is 10.9 Å². The molecule has 1 amide bonds. The summed E-state index contributed by atoms with van der Waals surface area (Å²) in [6.45, 7) is 1.44. The summed E-state index contributed by atoms with van der Waals surface area (Å²) in [5, 5.41) is 4.10. The number of nitrogens with one attached hydrogen (secondary N) is 1. The third-order valence-corrected chi connectivity index (χ3v) is 5.15. The minimum absolute atomic E-state index is 0.223. The van der Waals surface area contributed by atoms with E-state index < -0.39 is 11.4 Å². The van der Waals surface area contributed by atoms with E-state index in [0.29, 0.717) is 42.9 Å². The van der Waals surface area contributed by atoms with Gasteiger partial charge in [0.2, 0.25) is 0 Å². The maximum atomic E-state index is 13.7. The van der Waals surface area contributed by atoms with E-state index in [0.717, 1.165) is 10.9 Å². The van der Waals surface area contributed by atoms with Crippen molar-refractivity contribution >= 4 is 22.6 Å². The third-order valence-electron chi connectivity index (χ3n) is 5.15. The van der Waals surface area contributed by atoms with E-state index in [-0.39, 0.29) is 5.91 Å². The lowest BCUT2D eigenvalue weighted by atomic mass is 10.1. The average Bonchev–Trinajstić information content (AvgIpc) is 2.81. The molecule has 0 radical (unpaired) electrons. The second-order valence-corrected chi connectivity index (χ2v) is 7.48. The third kappa shape index (κ3) is 5.21. The number of benzene rings is 3. The maximum Gasteiger partial charge on any atom is 0.338 e. The average molecular weight is 430 g/mol.